The number of amides is 2. The zero-order chi connectivity index (χ0) is 22.9. The van der Waals surface area contributed by atoms with Crippen molar-refractivity contribution in [3.63, 3.8) is 0 Å². The summed E-state index contributed by atoms with van der Waals surface area (Å²) in [6.07, 6.45) is 1.87. The van der Waals surface area contributed by atoms with Gasteiger partial charge in [-0.1, -0.05) is 23.4 Å². The molecular weight excluding hydrogens is 433 g/mol. The average molecular weight is 451 g/mol. The fourth-order valence-electron chi connectivity index (χ4n) is 3.71. The molecule has 1 aliphatic rings. The maximum absolute atomic E-state index is 13.6. The molecule has 0 saturated carbocycles. The minimum absolute atomic E-state index is 0.0915. The van der Waals surface area contributed by atoms with Gasteiger partial charge in [0.05, 0.1) is 24.3 Å². The molecule has 33 heavy (non-hydrogen) atoms. The number of quaternary nitrogens is 1. The number of urea groups is 1. The van der Waals surface area contributed by atoms with Crippen LogP contribution in [0.5, 0.6) is 0 Å². The van der Waals surface area contributed by atoms with Gasteiger partial charge in [0.2, 0.25) is 11.7 Å². The van der Waals surface area contributed by atoms with Crippen molar-refractivity contribution < 1.29 is 24.1 Å². The first kappa shape index (κ1) is 20.8. The molecule has 2 aromatic heterocycles. The molecule has 0 spiro atoms. The van der Waals surface area contributed by atoms with Crippen LogP contribution in [-0.2, 0) is 13.0 Å². The van der Waals surface area contributed by atoms with Crippen LogP contribution in [0.3, 0.4) is 0 Å². The standard InChI is InChI=1S/C21H18FN7O4/c22-13-4-2-5-14(8-13)25-21(30)28-10-17-16(23-11-24-17)9-18(28)20-26-19(27-33-20)12-3-1-6-15(7-12)29(31)32/h1-8,11,18,29,31H,9-10H2,(H,23,24)(H,25,30). The van der Waals surface area contributed by atoms with E-state index in [-0.39, 0.29) is 23.9 Å². The number of fused-ring (bicyclic) bond motifs is 1. The Morgan fingerprint density at radius 2 is 2.15 bits per heavy atom. The first-order chi connectivity index (χ1) is 16.0. The Bertz CT molecular complexity index is 1310. The predicted molar refractivity (Wildman–Crippen MR) is 112 cm³/mol. The second-order valence-electron chi connectivity index (χ2n) is 7.46. The highest BCUT2D eigenvalue weighted by atomic mass is 19.1. The van der Waals surface area contributed by atoms with Gasteiger partial charge >= 0.3 is 6.03 Å². The number of carbonyl (C=O) groups is 1. The number of aromatic nitrogens is 4. The quantitative estimate of drug-likeness (QED) is 0.348. The second kappa shape index (κ2) is 8.43. The third-order valence-electron chi connectivity index (χ3n) is 5.33. The molecule has 0 aliphatic carbocycles. The average Bonchev–Trinajstić information content (AvgIpc) is 3.47. The van der Waals surface area contributed by atoms with Crippen molar-refractivity contribution in [3.05, 3.63) is 83.2 Å². The van der Waals surface area contributed by atoms with Gasteiger partial charge in [0, 0.05) is 29.8 Å². The molecule has 12 heteroatoms. The summed E-state index contributed by atoms with van der Waals surface area (Å²) < 4.78 is 19.0. The van der Waals surface area contributed by atoms with Gasteiger partial charge in [-0.05, 0) is 18.2 Å². The maximum atomic E-state index is 13.6. The number of carbonyl (C=O) groups excluding carboxylic acids is 1. The molecule has 168 valence electrons. The van der Waals surface area contributed by atoms with Crippen LogP contribution < -0.4 is 10.5 Å². The number of hydrogen-bond donors (Lipinski definition) is 4. The highest BCUT2D eigenvalue weighted by Gasteiger charge is 2.36. The molecule has 2 amide bonds. The Labute approximate surface area is 186 Å². The van der Waals surface area contributed by atoms with E-state index >= 15 is 0 Å². The van der Waals surface area contributed by atoms with Gasteiger partial charge in [0.25, 0.3) is 0 Å². The first-order valence-corrected chi connectivity index (χ1v) is 9.99. The summed E-state index contributed by atoms with van der Waals surface area (Å²) in [6.45, 7) is 0.202. The van der Waals surface area contributed by atoms with E-state index in [1.165, 1.54) is 35.2 Å². The summed E-state index contributed by atoms with van der Waals surface area (Å²) in [5, 5.41) is 26.1. The largest absolute Gasteiger partial charge is 0.595 e. The number of nitrogens with one attached hydrogen (secondary N) is 3. The van der Waals surface area contributed by atoms with Gasteiger partial charge in [0.1, 0.15) is 11.9 Å². The van der Waals surface area contributed by atoms with Crippen molar-refractivity contribution >= 4 is 17.4 Å². The molecule has 4 N–H and O–H groups in total. The van der Waals surface area contributed by atoms with Crippen molar-refractivity contribution in [2.45, 2.75) is 19.0 Å². The Morgan fingerprint density at radius 1 is 1.30 bits per heavy atom. The highest BCUT2D eigenvalue weighted by molar-refractivity contribution is 5.89. The lowest BCUT2D eigenvalue weighted by Crippen LogP contribution is -2.99. The van der Waals surface area contributed by atoms with E-state index in [4.69, 9.17) is 4.52 Å². The van der Waals surface area contributed by atoms with Crippen LogP contribution in [0.4, 0.5) is 20.6 Å². The molecule has 0 bridgehead atoms. The van der Waals surface area contributed by atoms with Gasteiger partial charge in [-0.25, -0.2) is 19.4 Å². The minimum Gasteiger partial charge on any atom is -0.595 e. The van der Waals surface area contributed by atoms with Crippen LogP contribution in [0.25, 0.3) is 11.4 Å². The summed E-state index contributed by atoms with van der Waals surface area (Å²) in [5.74, 6) is -0.0934. The SMILES string of the molecule is O=C(Nc1cccc(F)c1)N1Cc2[nH]cnc2CC1c1nc(-c2cccc([NH+]([O-])O)c2)no1. The molecule has 0 saturated heterocycles. The number of benzene rings is 2. The summed E-state index contributed by atoms with van der Waals surface area (Å²) in [4.78, 5) is 26.3. The van der Waals surface area contributed by atoms with Crippen molar-refractivity contribution in [2.75, 3.05) is 5.32 Å². The lowest BCUT2D eigenvalue weighted by atomic mass is 10.0. The Kier molecular flexibility index (Phi) is 5.30. The number of anilines is 1. The van der Waals surface area contributed by atoms with Crippen LogP contribution in [0, 0.1) is 11.0 Å². The number of H-pyrrole nitrogens is 1. The van der Waals surface area contributed by atoms with Gasteiger partial charge < -0.3 is 24.9 Å². The van der Waals surface area contributed by atoms with Crippen LogP contribution in [0.2, 0.25) is 0 Å². The van der Waals surface area contributed by atoms with Crippen LogP contribution >= 0.6 is 0 Å². The molecule has 3 heterocycles. The summed E-state index contributed by atoms with van der Waals surface area (Å²) >= 11 is 0. The molecule has 4 aromatic rings. The van der Waals surface area contributed by atoms with E-state index in [2.05, 4.69) is 25.4 Å². The molecule has 2 aromatic carbocycles. The number of halogens is 1. The van der Waals surface area contributed by atoms with Crippen molar-refractivity contribution in [3.8, 4) is 11.4 Å². The van der Waals surface area contributed by atoms with Crippen LogP contribution in [0.15, 0.2) is 59.4 Å². The monoisotopic (exact) mass is 451 g/mol. The molecule has 0 fully saturated rings. The van der Waals surface area contributed by atoms with E-state index < -0.39 is 23.1 Å². The molecule has 2 atom stereocenters. The van der Waals surface area contributed by atoms with E-state index in [9.17, 15) is 19.6 Å². The van der Waals surface area contributed by atoms with E-state index in [1.807, 2.05) is 0 Å². The third kappa shape index (κ3) is 4.17. The topological polar surface area (TPSA) is 148 Å². The number of hydrogen-bond acceptors (Lipinski definition) is 7. The Hall–Kier alpha value is -4.13. The molecule has 2 unspecified atom stereocenters. The van der Waals surface area contributed by atoms with Crippen LogP contribution in [-0.4, -0.2) is 36.2 Å². The zero-order valence-corrected chi connectivity index (χ0v) is 17.0. The minimum atomic E-state index is -1.07. The summed E-state index contributed by atoms with van der Waals surface area (Å²) in [7, 11) is 0. The number of nitrogens with zero attached hydrogens (tertiary/aromatic N) is 4. The van der Waals surface area contributed by atoms with Gasteiger partial charge in [-0.3, -0.25) is 0 Å². The lowest BCUT2D eigenvalue weighted by molar-refractivity contribution is -0.991. The highest BCUT2D eigenvalue weighted by Crippen LogP contribution is 2.33. The summed E-state index contributed by atoms with van der Waals surface area (Å²) in [5.41, 5.74) is 2.41. The Balaban J connectivity index is 1.45. The zero-order valence-electron chi connectivity index (χ0n) is 17.0. The predicted octanol–water partition coefficient (Wildman–Crippen LogP) is 2.33. The molecular formula is C21H18FN7O4. The Morgan fingerprint density at radius 3 is 2.97 bits per heavy atom. The molecule has 5 rings (SSSR count). The molecule has 0 radical (unpaired) electrons. The van der Waals surface area contributed by atoms with Crippen LogP contribution in [0.1, 0.15) is 23.3 Å². The lowest BCUT2D eigenvalue weighted by Gasteiger charge is -2.32. The number of imidazole rings is 1. The number of rotatable bonds is 4. The fourth-order valence-corrected chi connectivity index (χ4v) is 3.71. The second-order valence-corrected chi connectivity index (χ2v) is 7.46. The van der Waals surface area contributed by atoms with Crippen molar-refractivity contribution in [1.29, 1.82) is 0 Å². The maximum Gasteiger partial charge on any atom is 0.322 e. The van der Waals surface area contributed by atoms with E-state index in [0.717, 1.165) is 11.4 Å². The molecule has 1 aliphatic heterocycles. The normalized spacial score (nSPS) is 16.3. The van der Waals surface area contributed by atoms with Gasteiger partial charge in [-0.15, -0.1) is 0 Å². The van der Waals surface area contributed by atoms with Gasteiger partial charge in [-0.2, -0.15) is 10.2 Å². The van der Waals surface area contributed by atoms with Gasteiger partial charge in [0.15, 0.2) is 5.69 Å². The summed E-state index contributed by atoms with van der Waals surface area (Å²) in [6, 6.07) is 10.7. The third-order valence-corrected chi connectivity index (χ3v) is 5.33. The smallest absolute Gasteiger partial charge is 0.322 e. The first-order valence-electron chi connectivity index (χ1n) is 9.99. The van der Waals surface area contributed by atoms with E-state index in [0.29, 0.717) is 17.7 Å². The van der Waals surface area contributed by atoms with E-state index in [1.54, 1.807) is 24.5 Å². The molecule has 11 nitrogen and oxygen atoms in total. The fraction of sp³-hybridized carbons (Fsp3) is 0.143. The van der Waals surface area contributed by atoms with Crippen molar-refractivity contribution in [2.24, 2.45) is 0 Å². The van der Waals surface area contributed by atoms with Crippen molar-refractivity contribution in [1.82, 2.24) is 25.0 Å². The number of aromatic amines is 1.